The Hall–Kier alpha value is -2.52. The summed E-state index contributed by atoms with van der Waals surface area (Å²) in [4.78, 5) is 0. The zero-order chi connectivity index (χ0) is 20.1. The van der Waals surface area contributed by atoms with Crippen LogP contribution in [0.1, 0.15) is 24.3 Å². The van der Waals surface area contributed by atoms with E-state index in [0.29, 0.717) is 18.6 Å². The first-order valence-corrected chi connectivity index (χ1v) is 10.7. The normalized spacial score (nSPS) is 16.7. The lowest BCUT2D eigenvalue weighted by Gasteiger charge is -2.30. The van der Waals surface area contributed by atoms with Gasteiger partial charge in [-0.1, -0.05) is 6.07 Å². The average molecular weight is 407 g/mol. The Labute approximate surface area is 161 Å². The number of hydrogen-bond donors (Lipinski definition) is 1. The van der Waals surface area contributed by atoms with Crippen LogP contribution in [0.2, 0.25) is 0 Å². The van der Waals surface area contributed by atoms with Crippen molar-refractivity contribution in [2.45, 2.75) is 18.8 Å². The second kappa shape index (κ2) is 6.82. The van der Waals surface area contributed by atoms with Gasteiger partial charge < -0.3 is 5.11 Å². The van der Waals surface area contributed by atoms with Crippen molar-refractivity contribution in [2.75, 3.05) is 19.3 Å². The molecule has 1 aliphatic heterocycles. The van der Waals surface area contributed by atoms with Gasteiger partial charge in [-0.3, -0.25) is 0 Å². The van der Waals surface area contributed by atoms with Crippen molar-refractivity contribution in [1.82, 2.24) is 14.1 Å². The molecule has 148 valence electrons. The number of fused-ring (bicyclic) bond motifs is 1. The van der Waals surface area contributed by atoms with E-state index in [2.05, 4.69) is 5.10 Å². The molecule has 1 N–H and O–H groups in total. The van der Waals surface area contributed by atoms with Crippen molar-refractivity contribution in [1.29, 1.82) is 0 Å². The Balaban J connectivity index is 1.62. The number of hydrogen-bond acceptors (Lipinski definition) is 4. The lowest BCUT2D eigenvalue weighted by molar-refractivity contribution is 0.321. The van der Waals surface area contributed by atoms with Gasteiger partial charge in [-0.15, -0.1) is 0 Å². The smallest absolute Gasteiger partial charge is 0.211 e. The van der Waals surface area contributed by atoms with Crippen molar-refractivity contribution in [2.24, 2.45) is 0 Å². The molecule has 0 saturated carbocycles. The van der Waals surface area contributed by atoms with Crippen molar-refractivity contribution in [3.05, 3.63) is 53.7 Å². The molecule has 0 spiro atoms. The van der Waals surface area contributed by atoms with Crippen molar-refractivity contribution in [3.8, 4) is 11.4 Å². The number of aromatic nitrogens is 2. The van der Waals surface area contributed by atoms with Crippen LogP contribution in [0, 0.1) is 11.6 Å². The van der Waals surface area contributed by atoms with E-state index in [4.69, 9.17) is 0 Å². The lowest BCUT2D eigenvalue weighted by atomic mass is 9.90. The quantitative estimate of drug-likeness (QED) is 0.724. The van der Waals surface area contributed by atoms with Crippen LogP contribution in [-0.4, -0.2) is 47.0 Å². The molecule has 1 aromatic heterocycles. The van der Waals surface area contributed by atoms with Crippen LogP contribution < -0.4 is 0 Å². The van der Waals surface area contributed by atoms with E-state index < -0.39 is 27.4 Å². The number of nitrogens with zero attached hydrogens (tertiary/aromatic N) is 3. The number of halogens is 2. The van der Waals surface area contributed by atoms with Gasteiger partial charge in [0.15, 0.2) is 17.4 Å². The van der Waals surface area contributed by atoms with Crippen LogP contribution >= 0.6 is 0 Å². The number of phenolic OH excluding ortho intramolecular Hbond substituents is 1. The monoisotopic (exact) mass is 407 g/mol. The Morgan fingerprint density at radius 2 is 1.86 bits per heavy atom. The van der Waals surface area contributed by atoms with Gasteiger partial charge in [0.25, 0.3) is 0 Å². The van der Waals surface area contributed by atoms with Crippen LogP contribution in [0.25, 0.3) is 16.6 Å². The molecule has 0 aliphatic carbocycles. The van der Waals surface area contributed by atoms with Gasteiger partial charge in [0.05, 0.1) is 23.7 Å². The van der Waals surface area contributed by atoms with E-state index in [0.717, 1.165) is 35.9 Å². The first-order chi connectivity index (χ1) is 13.2. The third-order valence-electron chi connectivity index (χ3n) is 5.22. The fraction of sp³-hybridized carbons (Fsp3) is 0.316. The van der Waals surface area contributed by atoms with Gasteiger partial charge in [-0.2, -0.15) is 9.49 Å². The predicted molar refractivity (Wildman–Crippen MR) is 101 cm³/mol. The molecule has 6 nitrogen and oxygen atoms in total. The van der Waals surface area contributed by atoms with E-state index in [-0.39, 0.29) is 11.6 Å². The number of aromatic hydroxyl groups is 1. The van der Waals surface area contributed by atoms with Crippen LogP contribution in [0.5, 0.6) is 5.75 Å². The summed E-state index contributed by atoms with van der Waals surface area (Å²) in [5.74, 6) is -2.96. The molecule has 2 heterocycles. The van der Waals surface area contributed by atoms with Crippen molar-refractivity contribution in [3.63, 3.8) is 0 Å². The molecule has 0 bridgehead atoms. The van der Waals surface area contributed by atoms with Gasteiger partial charge in [-0.25, -0.2) is 21.8 Å². The number of benzene rings is 2. The molecule has 0 unspecified atom stereocenters. The molecule has 0 amide bonds. The third-order valence-corrected chi connectivity index (χ3v) is 6.53. The highest BCUT2D eigenvalue weighted by Gasteiger charge is 2.26. The van der Waals surface area contributed by atoms with Gasteiger partial charge in [0.1, 0.15) is 0 Å². The number of phenols is 1. The van der Waals surface area contributed by atoms with Gasteiger partial charge in [0, 0.05) is 30.6 Å². The van der Waals surface area contributed by atoms with Crippen LogP contribution in [0.15, 0.2) is 36.5 Å². The molecule has 0 atom stereocenters. The SMILES string of the molecule is CS(=O)(=O)N1CCC(c2ccc3c(cnn3-c3cc(O)c(F)c(F)c3)c2)CC1. The van der Waals surface area contributed by atoms with Crippen molar-refractivity contribution >= 4 is 20.9 Å². The summed E-state index contributed by atoms with van der Waals surface area (Å²) in [7, 11) is -3.16. The minimum Gasteiger partial charge on any atom is -0.505 e. The second-order valence-corrected chi connectivity index (χ2v) is 9.05. The Morgan fingerprint density at radius 1 is 1.14 bits per heavy atom. The molecule has 9 heteroatoms. The topological polar surface area (TPSA) is 75.4 Å². The zero-order valence-corrected chi connectivity index (χ0v) is 16.0. The maximum Gasteiger partial charge on any atom is 0.211 e. The first kappa shape index (κ1) is 18.8. The molecule has 1 aliphatic rings. The fourth-order valence-electron chi connectivity index (χ4n) is 3.71. The molecule has 1 saturated heterocycles. The zero-order valence-electron chi connectivity index (χ0n) is 15.1. The Bertz CT molecular complexity index is 1130. The van der Waals surface area contributed by atoms with E-state index in [9.17, 15) is 22.3 Å². The summed E-state index contributed by atoms with van der Waals surface area (Å²) in [5, 5.41) is 14.6. The minimum atomic E-state index is -3.16. The van der Waals surface area contributed by atoms with E-state index in [1.54, 1.807) is 6.20 Å². The number of rotatable bonds is 3. The largest absolute Gasteiger partial charge is 0.505 e. The molecular formula is C19H19F2N3O3S. The molecule has 1 fully saturated rings. The van der Waals surface area contributed by atoms with E-state index in [1.807, 2.05) is 18.2 Å². The third kappa shape index (κ3) is 3.35. The summed E-state index contributed by atoms with van der Waals surface area (Å²) in [5.41, 5.74) is 2.01. The van der Waals surface area contributed by atoms with Gasteiger partial charge in [0.2, 0.25) is 10.0 Å². The molecule has 28 heavy (non-hydrogen) atoms. The minimum absolute atomic E-state index is 0.223. The molecule has 0 radical (unpaired) electrons. The number of piperidine rings is 1. The van der Waals surface area contributed by atoms with Crippen LogP contribution in [0.3, 0.4) is 0 Å². The first-order valence-electron chi connectivity index (χ1n) is 8.85. The van der Waals surface area contributed by atoms with Crippen molar-refractivity contribution < 1.29 is 22.3 Å². The highest BCUT2D eigenvalue weighted by atomic mass is 32.2. The highest BCUT2D eigenvalue weighted by molar-refractivity contribution is 7.88. The maximum atomic E-state index is 13.6. The fourth-order valence-corrected chi connectivity index (χ4v) is 4.59. The predicted octanol–water partition coefficient (Wildman–Crippen LogP) is 3.15. The van der Waals surface area contributed by atoms with Crippen LogP contribution in [-0.2, 0) is 10.0 Å². The van der Waals surface area contributed by atoms with Gasteiger partial charge >= 0.3 is 0 Å². The van der Waals surface area contributed by atoms with Crippen LogP contribution in [0.4, 0.5) is 8.78 Å². The Morgan fingerprint density at radius 3 is 2.50 bits per heavy atom. The lowest BCUT2D eigenvalue weighted by Crippen LogP contribution is -2.37. The summed E-state index contributed by atoms with van der Waals surface area (Å²) >= 11 is 0. The average Bonchev–Trinajstić information content (AvgIpc) is 3.08. The standard InChI is InChI=1S/C19H19F2N3O3S/c1-28(26,27)23-6-4-12(5-7-23)13-2-3-17-14(8-13)11-22-24(17)15-9-16(20)19(21)18(25)10-15/h2-3,8-12,25H,4-7H2,1H3. The summed E-state index contributed by atoms with van der Waals surface area (Å²) in [6.45, 7) is 0.990. The summed E-state index contributed by atoms with van der Waals surface area (Å²) in [6, 6.07) is 7.88. The highest BCUT2D eigenvalue weighted by Crippen LogP contribution is 2.32. The molecular weight excluding hydrogens is 388 g/mol. The second-order valence-electron chi connectivity index (χ2n) is 7.07. The molecule has 3 aromatic rings. The van der Waals surface area contributed by atoms with E-state index >= 15 is 0 Å². The maximum absolute atomic E-state index is 13.6. The van der Waals surface area contributed by atoms with Gasteiger partial charge in [-0.05, 0) is 36.5 Å². The number of sulfonamides is 1. The molecule has 2 aromatic carbocycles. The summed E-state index contributed by atoms with van der Waals surface area (Å²) in [6.07, 6.45) is 4.33. The summed E-state index contributed by atoms with van der Waals surface area (Å²) < 4.78 is 53.2. The molecule has 4 rings (SSSR count). The Kier molecular flexibility index (Phi) is 4.59. The van der Waals surface area contributed by atoms with E-state index in [1.165, 1.54) is 15.2 Å².